The van der Waals surface area contributed by atoms with Crippen molar-refractivity contribution >= 4 is 5.97 Å². The highest BCUT2D eigenvalue weighted by atomic mass is 16.4. The Bertz CT molecular complexity index is 438. The topological polar surface area (TPSA) is 60.8 Å². The first-order valence-electron chi connectivity index (χ1n) is 6.19. The maximum atomic E-state index is 11.2. The number of nitrogens with zero attached hydrogens (tertiary/aromatic N) is 1. The number of rotatable bonds is 3. The van der Waals surface area contributed by atoms with Crippen molar-refractivity contribution in [3.63, 3.8) is 0 Å². The summed E-state index contributed by atoms with van der Waals surface area (Å²) in [6.07, 6.45) is -0.212. The normalized spacial score (nSPS) is 24.4. The minimum absolute atomic E-state index is 0.320. The summed E-state index contributed by atoms with van der Waals surface area (Å²) in [5, 5.41) is 18.8. The lowest BCUT2D eigenvalue weighted by Gasteiger charge is -2.22. The van der Waals surface area contributed by atoms with Crippen LogP contribution in [0.5, 0.6) is 0 Å². The molecule has 1 heterocycles. The lowest BCUT2D eigenvalue weighted by molar-refractivity contribution is -0.142. The molecule has 1 fully saturated rings. The van der Waals surface area contributed by atoms with Gasteiger partial charge < -0.3 is 10.2 Å². The summed E-state index contributed by atoms with van der Waals surface area (Å²) in [6, 6.07) is 5.50. The first-order chi connectivity index (χ1) is 8.49. The van der Waals surface area contributed by atoms with Crippen LogP contribution in [-0.4, -0.2) is 39.8 Å². The van der Waals surface area contributed by atoms with Crippen LogP contribution in [0, 0.1) is 13.8 Å². The van der Waals surface area contributed by atoms with Gasteiger partial charge in [0.15, 0.2) is 0 Å². The molecular formula is C14H19NO3. The molecule has 1 aliphatic rings. The number of hydrogen-bond donors (Lipinski definition) is 2. The predicted molar refractivity (Wildman–Crippen MR) is 68.4 cm³/mol. The van der Waals surface area contributed by atoms with Crippen molar-refractivity contribution in [1.82, 2.24) is 4.90 Å². The molecule has 0 radical (unpaired) electrons. The summed E-state index contributed by atoms with van der Waals surface area (Å²) in [7, 11) is 0. The third-order valence-corrected chi connectivity index (χ3v) is 3.67. The van der Waals surface area contributed by atoms with Crippen molar-refractivity contribution < 1.29 is 15.0 Å². The van der Waals surface area contributed by atoms with E-state index in [0.29, 0.717) is 19.5 Å². The molecule has 1 aromatic carbocycles. The zero-order chi connectivity index (χ0) is 13.3. The highest BCUT2D eigenvalue weighted by Crippen LogP contribution is 2.23. The lowest BCUT2D eigenvalue weighted by atomic mass is 10.0. The minimum Gasteiger partial charge on any atom is -0.480 e. The highest BCUT2D eigenvalue weighted by Gasteiger charge is 2.36. The van der Waals surface area contributed by atoms with Crippen LogP contribution in [0.1, 0.15) is 23.1 Å². The maximum absolute atomic E-state index is 11.2. The summed E-state index contributed by atoms with van der Waals surface area (Å²) in [5.41, 5.74) is 3.50. The molecule has 0 aromatic heterocycles. The molecule has 0 aliphatic carbocycles. The van der Waals surface area contributed by atoms with Gasteiger partial charge in [-0.1, -0.05) is 18.2 Å². The fraction of sp³-hybridized carbons (Fsp3) is 0.500. The van der Waals surface area contributed by atoms with E-state index in [1.165, 1.54) is 11.1 Å². The number of likely N-dealkylation sites (tertiary alicyclic amines) is 1. The second-order valence-corrected chi connectivity index (χ2v) is 5.04. The van der Waals surface area contributed by atoms with E-state index in [1.54, 1.807) is 0 Å². The largest absolute Gasteiger partial charge is 0.480 e. The van der Waals surface area contributed by atoms with Crippen LogP contribution in [-0.2, 0) is 11.3 Å². The van der Waals surface area contributed by atoms with Gasteiger partial charge in [-0.3, -0.25) is 9.69 Å². The van der Waals surface area contributed by atoms with Crippen molar-refractivity contribution in [2.75, 3.05) is 6.54 Å². The average molecular weight is 249 g/mol. The molecule has 4 heteroatoms. The van der Waals surface area contributed by atoms with Gasteiger partial charge in [-0.2, -0.15) is 0 Å². The predicted octanol–water partition coefficient (Wildman–Crippen LogP) is 1.32. The first kappa shape index (κ1) is 13.1. The van der Waals surface area contributed by atoms with E-state index in [-0.39, 0.29) is 0 Å². The van der Waals surface area contributed by atoms with Gasteiger partial charge in [0.05, 0.1) is 6.10 Å². The summed E-state index contributed by atoms with van der Waals surface area (Å²) in [5.74, 6) is -0.849. The second-order valence-electron chi connectivity index (χ2n) is 5.04. The van der Waals surface area contributed by atoms with Crippen LogP contribution in [0.25, 0.3) is 0 Å². The Morgan fingerprint density at radius 1 is 1.39 bits per heavy atom. The minimum atomic E-state index is -0.849. The molecule has 4 nitrogen and oxygen atoms in total. The Morgan fingerprint density at radius 3 is 2.56 bits per heavy atom. The van der Waals surface area contributed by atoms with Crippen LogP contribution in [0.4, 0.5) is 0 Å². The number of carbonyl (C=O) groups is 1. The molecule has 1 aliphatic heterocycles. The number of aliphatic hydroxyl groups excluding tert-OH is 1. The standard InChI is InChI=1S/C14H19NO3/c1-9-4-3-5-10(2)12(9)8-15-7-11(16)6-13(15)14(17)18/h3-5,11,13,16H,6-8H2,1-2H3,(H,17,18). The molecule has 0 spiro atoms. The number of hydrogen-bond acceptors (Lipinski definition) is 3. The van der Waals surface area contributed by atoms with Crippen LogP contribution in [0.3, 0.4) is 0 Å². The van der Waals surface area contributed by atoms with Crippen molar-refractivity contribution in [2.45, 2.75) is 39.0 Å². The number of β-amino-alcohol motifs (C(OH)–C–C–N with tert-alkyl or cyclic N) is 1. The molecule has 1 saturated heterocycles. The van der Waals surface area contributed by atoms with Gasteiger partial charge in [-0.25, -0.2) is 0 Å². The van der Waals surface area contributed by atoms with Crippen molar-refractivity contribution in [1.29, 1.82) is 0 Å². The van der Waals surface area contributed by atoms with Crippen molar-refractivity contribution in [2.24, 2.45) is 0 Å². The van der Waals surface area contributed by atoms with Gasteiger partial charge in [-0.05, 0) is 30.5 Å². The van der Waals surface area contributed by atoms with E-state index in [1.807, 2.05) is 36.9 Å². The Labute approximate surface area is 107 Å². The number of aryl methyl sites for hydroxylation is 2. The SMILES string of the molecule is Cc1cccc(C)c1CN1CC(O)CC1C(=O)O. The molecule has 2 rings (SSSR count). The van der Waals surface area contributed by atoms with Gasteiger partial charge >= 0.3 is 5.97 Å². The molecule has 0 bridgehead atoms. The molecule has 1 aromatic rings. The van der Waals surface area contributed by atoms with Crippen LogP contribution < -0.4 is 0 Å². The van der Waals surface area contributed by atoms with Gasteiger partial charge in [-0.15, -0.1) is 0 Å². The molecule has 98 valence electrons. The van der Waals surface area contributed by atoms with Gasteiger partial charge in [0, 0.05) is 19.5 Å². The summed E-state index contributed by atoms with van der Waals surface area (Å²) < 4.78 is 0. The van der Waals surface area contributed by atoms with Crippen LogP contribution in [0.2, 0.25) is 0 Å². The average Bonchev–Trinajstić information content (AvgIpc) is 2.65. The zero-order valence-electron chi connectivity index (χ0n) is 10.8. The first-order valence-corrected chi connectivity index (χ1v) is 6.19. The number of aliphatic hydroxyl groups is 1. The number of benzene rings is 1. The third kappa shape index (κ3) is 2.54. The molecule has 0 saturated carbocycles. The monoisotopic (exact) mass is 249 g/mol. The zero-order valence-corrected chi connectivity index (χ0v) is 10.8. The Morgan fingerprint density at radius 2 is 2.00 bits per heavy atom. The van der Waals surface area contributed by atoms with Crippen LogP contribution in [0.15, 0.2) is 18.2 Å². The fourth-order valence-corrected chi connectivity index (χ4v) is 2.61. The third-order valence-electron chi connectivity index (χ3n) is 3.67. The van der Waals surface area contributed by atoms with E-state index in [2.05, 4.69) is 0 Å². The van der Waals surface area contributed by atoms with E-state index in [4.69, 9.17) is 5.11 Å². The maximum Gasteiger partial charge on any atom is 0.321 e. The second kappa shape index (κ2) is 5.08. The molecule has 2 N–H and O–H groups in total. The molecule has 2 atom stereocenters. The Hall–Kier alpha value is -1.39. The smallest absolute Gasteiger partial charge is 0.321 e. The quantitative estimate of drug-likeness (QED) is 0.848. The number of aliphatic carboxylic acids is 1. The Kier molecular flexibility index (Phi) is 3.68. The number of carboxylic acid groups (broad SMARTS) is 1. The fourth-order valence-electron chi connectivity index (χ4n) is 2.61. The molecular weight excluding hydrogens is 230 g/mol. The van der Waals surface area contributed by atoms with Gasteiger partial charge in [0.25, 0.3) is 0 Å². The molecule has 0 amide bonds. The summed E-state index contributed by atoms with van der Waals surface area (Å²) in [6.45, 7) is 5.09. The van der Waals surface area contributed by atoms with E-state index in [0.717, 1.165) is 5.56 Å². The van der Waals surface area contributed by atoms with Gasteiger partial charge in [0.2, 0.25) is 0 Å². The van der Waals surface area contributed by atoms with Crippen molar-refractivity contribution in [3.8, 4) is 0 Å². The Balaban J connectivity index is 2.20. The van der Waals surface area contributed by atoms with Gasteiger partial charge in [0.1, 0.15) is 6.04 Å². The molecule has 18 heavy (non-hydrogen) atoms. The summed E-state index contributed by atoms with van der Waals surface area (Å²) >= 11 is 0. The number of carboxylic acids is 1. The van der Waals surface area contributed by atoms with Crippen molar-refractivity contribution in [3.05, 3.63) is 34.9 Å². The van der Waals surface area contributed by atoms with E-state index < -0.39 is 18.1 Å². The lowest BCUT2D eigenvalue weighted by Crippen LogP contribution is -2.35. The highest BCUT2D eigenvalue weighted by molar-refractivity contribution is 5.74. The summed E-state index contributed by atoms with van der Waals surface area (Å²) in [4.78, 5) is 13.0. The van der Waals surface area contributed by atoms with Crippen LogP contribution >= 0.6 is 0 Å². The van der Waals surface area contributed by atoms with E-state index >= 15 is 0 Å². The molecule has 2 unspecified atom stereocenters. The van der Waals surface area contributed by atoms with E-state index in [9.17, 15) is 9.90 Å².